The molecule has 0 fully saturated rings. The van der Waals surface area contributed by atoms with Gasteiger partial charge < -0.3 is 4.74 Å². The first-order chi connectivity index (χ1) is 17.0. The van der Waals surface area contributed by atoms with Crippen LogP contribution in [-0.4, -0.2) is 49.3 Å². The molecular weight excluding hydrogens is 464 g/mol. The number of rotatable bonds is 6. The molecule has 0 saturated heterocycles. The highest BCUT2D eigenvalue weighted by atomic mass is 32.2. The van der Waals surface area contributed by atoms with Crippen molar-refractivity contribution < 1.29 is 9.53 Å². The van der Waals surface area contributed by atoms with Gasteiger partial charge in [-0.05, 0) is 35.1 Å². The van der Waals surface area contributed by atoms with Crippen molar-refractivity contribution in [2.45, 2.75) is 30.5 Å². The first kappa shape index (κ1) is 22.9. The number of esters is 1. The number of benzene rings is 2. The number of thioether (sulfide) groups is 1. The Morgan fingerprint density at radius 3 is 2.49 bits per heavy atom. The van der Waals surface area contributed by atoms with E-state index in [1.54, 1.807) is 6.08 Å². The lowest BCUT2D eigenvalue weighted by atomic mass is 9.97. The Balaban J connectivity index is 1.50. The lowest BCUT2D eigenvalue weighted by Gasteiger charge is -2.26. The summed E-state index contributed by atoms with van der Waals surface area (Å²) in [6, 6.07) is 15.2. The maximum absolute atomic E-state index is 13.5. The van der Waals surface area contributed by atoms with Crippen LogP contribution in [0.1, 0.15) is 30.1 Å². The van der Waals surface area contributed by atoms with Gasteiger partial charge in [-0.15, -0.1) is 22.0 Å². The number of H-pyrrole nitrogens is 1. The molecule has 2 aromatic carbocycles. The molecule has 9 nitrogen and oxygen atoms in total. The molecule has 178 valence electrons. The number of aromatic nitrogens is 6. The normalized spacial score (nSPS) is 16.8. The van der Waals surface area contributed by atoms with Crippen molar-refractivity contribution in [1.29, 1.82) is 0 Å². The van der Waals surface area contributed by atoms with Gasteiger partial charge in [-0.3, -0.25) is 9.48 Å². The molecule has 4 aromatic rings. The van der Waals surface area contributed by atoms with Crippen molar-refractivity contribution in [3.8, 4) is 22.5 Å². The molecule has 3 heterocycles. The average Bonchev–Trinajstić information content (AvgIpc) is 3.52. The number of methoxy groups -OCH3 is 1. The van der Waals surface area contributed by atoms with Gasteiger partial charge in [-0.1, -0.05) is 60.7 Å². The minimum Gasteiger partial charge on any atom is -0.467 e. The molecule has 0 amide bonds. The number of ether oxygens (including phenoxy) is 1. The number of carbonyl (C=O) groups excluding carboxylic acids is 1. The van der Waals surface area contributed by atoms with E-state index in [0.717, 1.165) is 27.3 Å². The standard InChI is InChI=1S/C25H24N6O3S/c1-15-8-13-21(25(33)34-2)31-23(32)20(24(35-3)30(15)31)14-16-9-11-17(12-10-16)18-6-4-5-7-19(18)22-26-28-29-27-22/h4-13,15,21H,14H2,1-3H3,(H,26,27,28,29). The molecule has 0 radical (unpaired) electrons. The number of aromatic amines is 1. The summed E-state index contributed by atoms with van der Waals surface area (Å²) in [4.78, 5) is 25.9. The van der Waals surface area contributed by atoms with E-state index in [9.17, 15) is 9.59 Å². The molecule has 1 aliphatic heterocycles. The number of allylic oxidation sites excluding steroid dienone is 1. The molecule has 0 saturated carbocycles. The zero-order chi connectivity index (χ0) is 24.5. The maximum atomic E-state index is 13.5. The molecule has 0 spiro atoms. The molecule has 0 bridgehead atoms. The van der Waals surface area contributed by atoms with Crippen LogP contribution in [0.25, 0.3) is 22.5 Å². The second kappa shape index (κ2) is 9.38. The van der Waals surface area contributed by atoms with Gasteiger partial charge >= 0.3 is 5.97 Å². The summed E-state index contributed by atoms with van der Waals surface area (Å²) in [6.45, 7) is 2.00. The number of hydrogen-bond donors (Lipinski definition) is 1. The smallest absolute Gasteiger partial charge is 0.334 e. The number of carbonyl (C=O) groups is 1. The highest BCUT2D eigenvalue weighted by Gasteiger charge is 2.32. The Morgan fingerprint density at radius 2 is 1.83 bits per heavy atom. The van der Waals surface area contributed by atoms with Crippen LogP contribution in [0.5, 0.6) is 0 Å². The van der Waals surface area contributed by atoms with E-state index >= 15 is 0 Å². The van der Waals surface area contributed by atoms with Crippen molar-refractivity contribution in [1.82, 2.24) is 30.0 Å². The Kier molecular flexibility index (Phi) is 6.12. The fourth-order valence-corrected chi connectivity index (χ4v) is 5.36. The van der Waals surface area contributed by atoms with E-state index < -0.39 is 12.0 Å². The van der Waals surface area contributed by atoms with E-state index in [4.69, 9.17) is 4.74 Å². The first-order valence-corrected chi connectivity index (χ1v) is 12.3. The van der Waals surface area contributed by atoms with Gasteiger partial charge in [0.1, 0.15) is 5.03 Å². The van der Waals surface area contributed by atoms with Crippen molar-refractivity contribution in [3.63, 3.8) is 0 Å². The van der Waals surface area contributed by atoms with E-state index in [1.807, 2.05) is 72.5 Å². The lowest BCUT2D eigenvalue weighted by Crippen LogP contribution is -2.36. The monoisotopic (exact) mass is 488 g/mol. The minimum absolute atomic E-state index is 0.0520. The predicted molar refractivity (Wildman–Crippen MR) is 133 cm³/mol. The van der Waals surface area contributed by atoms with Crippen LogP contribution in [0.3, 0.4) is 0 Å². The SMILES string of the molecule is COC(=O)C1C=CC(C)n2c(SC)c(Cc3ccc(-c4ccccc4-c4nn[nH]n4)cc3)c(=O)n21. The van der Waals surface area contributed by atoms with Crippen LogP contribution >= 0.6 is 11.8 Å². The van der Waals surface area contributed by atoms with E-state index in [2.05, 4.69) is 20.6 Å². The van der Waals surface area contributed by atoms with Crippen molar-refractivity contribution in [3.05, 3.63) is 82.2 Å². The lowest BCUT2D eigenvalue weighted by molar-refractivity contribution is -0.143. The topological polar surface area (TPSA) is 108 Å². The highest BCUT2D eigenvalue weighted by Crippen LogP contribution is 2.32. The molecule has 2 aromatic heterocycles. The van der Waals surface area contributed by atoms with Gasteiger partial charge in [0.15, 0.2) is 6.04 Å². The van der Waals surface area contributed by atoms with Gasteiger partial charge in [0.2, 0.25) is 5.82 Å². The Morgan fingerprint density at radius 1 is 1.09 bits per heavy atom. The number of hydrogen-bond acceptors (Lipinski definition) is 7. The Bertz CT molecular complexity index is 1450. The van der Waals surface area contributed by atoms with Gasteiger partial charge in [0, 0.05) is 12.0 Å². The van der Waals surface area contributed by atoms with Gasteiger partial charge in [-0.2, -0.15) is 5.21 Å². The van der Waals surface area contributed by atoms with Crippen LogP contribution in [0.15, 0.2) is 70.5 Å². The number of nitrogens with one attached hydrogen (secondary N) is 1. The summed E-state index contributed by atoms with van der Waals surface area (Å²) in [6.07, 6.45) is 6.07. The summed E-state index contributed by atoms with van der Waals surface area (Å²) in [5.41, 5.74) is 4.37. The van der Waals surface area contributed by atoms with Crippen LogP contribution < -0.4 is 5.56 Å². The van der Waals surface area contributed by atoms with Crippen molar-refractivity contribution in [2.24, 2.45) is 0 Å². The van der Waals surface area contributed by atoms with Crippen molar-refractivity contribution in [2.75, 3.05) is 13.4 Å². The zero-order valence-electron chi connectivity index (χ0n) is 19.5. The van der Waals surface area contributed by atoms with Gasteiger partial charge in [-0.25, -0.2) is 9.48 Å². The predicted octanol–water partition coefficient (Wildman–Crippen LogP) is 3.65. The van der Waals surface area contributed by atoms with Crippen LogP contribution in [0, 0.1) is 0 Å². The summed E-state index contributed by atoms with van der Waals surface area (Å²) in [5.74, 6) is 0.0717. The molecule has 1 N–H and O–H groups in total. The van der Waals surface area contributed by atoms with Gasteiger partial charge in [0.05, 0.1) is 18.7 Å². The number of tetrazole rings is 1. The van der Waals surface area contributed by atoms with Crippen molar-refractivity contribution >= 4 is 17.7 Å². The summed E-state index contributed by atoms with van der Waals surface area (Å²) in [7, 11) is 1.33. The summed E-state index contributed by atoms with van der Waals surface area (Å²) in [5, 5.41) is 15.2. The third kappa shape index (κ3) is 3.99. The van der Waals surface area contributed by atoms with E-state index in [-0.39, 0.29) is 11.6 Å². The molecule has 2 unspecified atom stereocenters. The fraction of sp³-hybridized carbons (Fsp3) is 0.240. The summed E-state index contributed by atoms with van der Waals surface area (Å²) < 4.78 is 8.37. The molecule has 35 heavy (non-hydrogen) atoms. The molecule has 2 atom stereocenters. The quantitative estimate of drug-likeness (QED) is 0.251. The number of fused-ring (bicyclic) bond motifs is 1. The first-order valence-electron chi connectivity index (χ1n) is 11.1. The third-order valence-corrected chi connectivity index (χ3v) is 7.00. The zero-order valence-corrected chi connectivity index (χ0v) is 20.3. The van der Waals surface area contributed by atoms with Gasteiger partial charge in [0.25, 0.3) is 5.56 Å². The largest absolute Gasteiger partial charge is 0.467 e. The Hall–Kier alpha value is -3.92. The highest BCUT2D eigenvalue weighted by molar-refractivity contribution is 7.98. The van der Waals surface area contributed by atoms with E-state index in [0.29, 0.717) is 17.8 Å². The van der Waals surface area contributed by atoms with Crippen LogP contribution in [-0.2, 0) is 16.0 Å². The second-order valence-electron chi connectivity index (χ2n) is 8.23. The average molecular weight is 489 g/mol. The third-order valence-electron chi connectivity index (χ3n) is 6.18. The van der Waals surface area contributed by atoms with E-state index in [1.165, 1.54) is 23.6 Å². The number of nitrogens with zero attached hydrogens (tertiary/aromatic N) is 5. The molecular formula is C25H24N6O3S. The van der Waals surface area contributed by atoms with Crippen LogP contribution in [0.4, 0.5) is 0 Å². The summed E-state index contributed by atoms with van der Waals surface area (Å²) >= 11 is 1.51. The minimum atomic E-state index is -0.771. The molecule has 0 aliphatic carbocycles. The molecule has 1 aliphatic rings. The fourth-order valence-electron chi connectivity index (χ4n) is 4.51. The Labute approximate surface area is 205 Å². The molecule has 10 heteroatoms. The maximum Gasteiger partial charge on any atom is 0.334 e. The second-order valence-corrected chi connectivity index (χ2v) is 9.03. The van der Waals surface area contributed by atoms with Crippen LogP contribution in [0.2, 0.25) is 0 Å². The molecule has 5 rings (SSSR count).